The number of nitrogens with zero attached hydrogens (tertiary/aromatic N) is 2. The Balaban J connectivity index is 2.16. The van der Waals surface area contributed by atoms with Gasteiger partial charge in [0.1, 0.15) is 0 Å². The van der Waals surface area contributed by atoms with Crippen LogP contribution in [0.1, 0.15) is 5.69 Å². The maximum Gasteiger partial charge on any atom is 0.0754 e. The quantitative estimate of drug-likeness (QED) is 0.655. The lowest BCUT2D eigenvalue weighted by molar-refractivity contribution is 0.860. The summed E-state index contributed by atoms with van der Waals surface area (Å²) in [4.78, 5) is 0. The Morgan fingerprint density at radius 3 is 2.25 bits per heavy atom. The summed E-state index contributed by atoms with van der Waals surface area (Å²) >= 11 is 0. The molecule has 1 aromatic heterocycles. The second-order valence-electron chi connectivity index (χ2n) is 4.52. The Labute approximate surface area is 118 Å². The fourth-order valence-corrected chi connectivity index (χ4v) is 2.20. The van der Waals surface area contributed by atoms with Gasteiger partial charge in [-0.05, 0) is 18.2 Å². The highest BCUT2D eigenvalue weighted by Crippen LogP contribution is 2.23. The third-order valence-electron chi connectivity index (χ3n) is 3.11. The van der Waals surface area contributed by atoms with E-state index in [0.29, 0.717) is 6.42 Å². The lowest BCUT2D eigenvalue weighted by Gasteiger charge is -2.07. The Hall–Kier alpha value is -2.79. The third-order valence-corrected chi connectivity index (χ3v) is 3.11. The van der Waals surface area contributed by atoms with Gasteiger partial charge in [0.05, 0.1) is 23.5 Å². The average Bonchev–Trinajstić information content (AvgIpc) is 2.93. The van der Waals surface area contributed by atoms with Crippen LogP contribution in [0.15, 0.2) is 66.7 Å². The lowest BCUT2D eigenvalue weighted by atomic mass is 10.1. The monoisotopic (exact) mass is 258 g/mol. The molecular weight excluding hydrogens is 244 g/mol. The summed E-state index contributed by atoms with van der Waals surface area (Å²) in [6.07, 6.45) is 5.94. The molecule has 0 atom stereocenters. The summed E-state index contributed by atoms with van der Waals surface area (Å²) in [6.45, 7) is 0. The molecule has 96 valence electrons. The lowest BCUT2D eigenvalue weighted by Crippen LogP contribution is -1.99. The van der Waals surface area contributed by atoms with E-state index in [-0.39, 0.29) is 0 Å². The van der Waals surface area contributed by atoms with Crippen molar-refractivity contribution >= 4 is 0 Å². The molecule has 0 spiro atoms. The maximum atomic E-state index is 5.40. The highest BCUT2D eigenvalue weighted by atomic mass is 15.3. The normalized spacial score (nSPS) is 10.2. The largest absolute Gasteiger partial charge is 0.233 e. The first-order chi connectivity index (χ1) is 9.88. The predicted octanol–water partition coefficient (Wildman–Crippen LogP) is 3.72. The van der Waals surface area contributed by atoms with Crippen molar-refractivity contribution in [2.24, 2.45) is 0 Å². The van der Waals surface area contributed by atoms with Crippen molar-refractivity contribution in [3.63, 3.8) is 0 Å². The molecule has 0 unspecified atom stereocenters. The van der Waals surface area contributed by atoms with Crippen molar-refractivity contribution in [3.8, 4) is 29.3 Å². The Morgan fingerprint density at radius 2 is 1.60 bits per heavy atom. The summed E-state index contributed by atoms with van der Waals surface area (Å²) in [5.74, 6) is 2.65. The van der Waals surface area contributed by atoms with Crippen molar-refractivity contribution in [2.45, 2.75) is 6.42 Å². The molecule has 20 heavy (non-hydrogen) atoms. The molecule has 0 aliphatic rings. The van der Waals surface area contributed by atoms with E-state index in [1.165, 1.54) is 0 Å². The third kappa shape index (κ3) is 2.34. The summed E-state index contributed by atoms with van der Waals surface area (Å²) in [7, 11) is 0. The van der Waals surface area contributed by atoms with Crippen LogP contribution in [-0.4, -0.2) is 9.78 Å². The second-order valence-corrected chi connectivity index (χ2v) is 4.52. The van der Waals surface area contributed by atoms with Gasteiger partial charge in [0, 0.05) is 5.56 Å². The predicted molar refractivity (Wildman–Crippen MR) is 81.5 cm³/mol. The zero-order valence-electron chi connectivity index (χ0n) is 11.0. The van der Waals surface area contributed by atoms with E-state index in [1.54, 1.807) is 0 Å². The summed E-state index contributed by atoms with van der Waals surface area (Å²) in [6, 6.07) is 22.4. The van der Waals surface area contributed by atoms with Crippen LogP contribution in [0.5, 0.6) is 0 Å². The molecular formula is C18H14N2. The highest BCUT2D eigenvalue weighted by molar-refractivity contribution is 5.62. The number of benzene rings is 2. The Bertz CT molecular complexity index is 677. The zero-order chi connectivity index (χ0) is 13.8. The number of para-hydroxylation sites is 1. The number of rotatable bonds is 3. The molecule has 0 radical (unpaired) electrons. The number of hydrogen-bond acceptors (Lipinski definition) is 1. The van der Waals surface area contributed by atoms with Gasteiger partial charge in [-0.15, -0.1) is 12.3 Å². The van der Waals surface area contributed by atoms with E-state index < -0.39 is 0 Å². The molecule has 0 aliphatic carbocycles. The van der Waals surface area contributed by atoms with Gasteiger partial charge in [-0.2, -0.15) is 5.10 Å². The molecule has 2 nitrogen and oxygen atoms in total. The average molecular weight is 258 g/mol. The van der Waals surface area contributed by atoms with Crippen molar-refractivity contribution in [1.29, 1.82) is 0 Å². The minimum atomic E-state index is 0.541. The van der Waals surface area contributed by atoms with Gasteiger partial charge in [-0.1, -0.05) is 48.5 Å². The molecule has 2 heteroatoms. The van der Waals surface area contributed by atoms with Gasteiger partial charge in [0.25, 0.3) is 0 Å². The van der Waals surface area contributed by atoms with E-state index in [9.17, 15) is 0 Å². The summed E-state index contributed by atoms with van der Waals surface area (Å²) in [5.41, 5.74) is 4.14. The molecule has 0 fully saturated rings. The molecule has 3 aromatic rings. The zero-order valence-corrected chi connectivity index (χ0v) is 11.0. The van der Waals surface area contributed by atoms with Gasteiger partial charge >= 0.3 is 0 Å². The van der Waals surface area contributed by atoms with E-state index in [4.69, 9.17) is 6.42 Å². The smallest absolute Gasteiger partial charge is 0.0754 e. The molecule has 0 aliphatic heterocycles. The van der Waals surface area contributed by atoms with E-state index in [0.717, 1.165) is 22.6 Å². The van der Waals surface area contributed by atoms with Gasteiger partial charge in [0.15, 0.2) is 0 Å². The van der Waals surface area contributed by atoms with Crippen LogP contribution in [0, 0.1) is 12.3 Å². The van der Waals surface area contributed by atoms with Gasteiger partial charge in [-0.3, -0.25) is 0 Å². The van der Waals surface area contributed by atoms with Gasteiger partial charge < -0.3 is 0 Å². The first-order valence-electron chi connectivity index (χ1n) is 6.52. The van der Waals surface area contributed by atoms with Crippen LogP contribution in [0.25, 0.3) is 16.9 Å². The van der Waals surface area contributed by atoms with Crippen LogP contribution >= 0.6 is 0 Å². The van der Waals surface area contributed by atoms with Gasteiger partial charge in [-0.25, -0.2) is 4.68 Å². The van der Waals surface area contributed by atoms with Crippen LogP contribution in [0.4, 0.5) is 0 Å². The Kier molecular flexibility index (Phi) is 3.34. The fraction of sp³-hybridized carbons (Fsp3) is 0.0556. The molecule has 0 N–H and O–H groups in total. The molecule has 0 bridgehead atoms. The molecule has 0 amide bonds. The molecule has 0 saturated carbocycles. The molecule has 3 rings (SSSR count). The van der Waals surface area contributed by atoms with Crippen molar-refractivity contribution in [1.82, 2.24) is 9.78 Å². The first kappa shape index (κ1) is 12.3. The first-order valence-corrected chi connectivity index (χ1v) is 6.52. The van der Waals surface area contributed by atoms with E-state index >= 15 is 0 Å². The number of hydrogen-bond donors (Lipinski definition) is 0. The standard InChI is InChI=1S/C18H14N2/c1-2-9-16-14-18(15-10-5-3-6-11-15)20(19-16)17-12-7-4-8-13-17/h1,3-8,10-14H,9H2. The van der Waals surface area contributed by atoms with Crippen LogP contribution in [0.3, 0.4) is 0 Å². The highest BCUT2D eigenvalue weighted by Gasteiger charge is 2.10. The number of aromatic nitrogens is 2. The van der Waals surface area contributed by atoms with Crippen LogP contribution in [-0.2, 0) is 6.42 Å². The molecule has 0 saturated heterocycles. The van der Waals surface area contributed by atoms with Crippen molar-refractivity contribution in [2.75, 3.05) is 0 Å². The minimum Gasteiger partial charge on any atom is -0.233 e. The Morgan fingerprint density at radius 1 is 0.950 bits per heavy atom. The van der Waals surface area contributed by atoms with E-state index in [1.807, 2.05) is 53.2 Å². The van der Waals surface area contributed by atoms with Crippen molar-refractivity contribution in [3.05, 3.63) is 72.4 Å². The summed E-state index contributed by atoms with van der Waals surface area (Å²) in [5, 5.41) is 4.62. The van der Waals surface area contributed by atoms with Crippen LogP contribution in [0.2, 0.25) is 0 Å². The summed E-state index contributed by atoms with van der Waals surface area (Å²) < 4.78 is 1.95. The molecule has 2 aromatic carbocycles. The second kappa shape index (κ2) is 5.46. The van der Waals surface area contributed by atoms with Crippen LogP contribution < -0.4 is 0 Å². The fourth-order valence-electron chi connectivity index (χ4n) is 2.20. The molecule has 1 heterocycles. The van der Waals surface area contributed by atoms with E-state index in [2.05, 4.69) is 29.2 Å². The number of terminal acetylenes is 1. The van der Waals surface area contributed by atoms with Crippen molar-refractivity contribution < 1.29 is 0 Å². The topological polar surface area (TPSA) is 17.8 Å². The van der Waals surface area contributed by atoms with Gasteiger partial charge in [0.2, 0.25) is 0 Å². The minimum absolute atomic E-state index is 0.541. The SMILES string of the molecule is C#CCc1cc(-c2ccccc2)n(-c2ccccc2)n1. The maximum absolute atomic E-state index is 5.40.